The van der Waals surface area contributed by atoms with Gasteiger partial charge in [0.25, 0.3) is 0 Å². The fourth-order valence-electron chi connectivity index (χ4n) is 1.12. The third kappa shape index (κ3) is 2.87. The summed E-state index contributed by atoms with van der Waals surface area (Å²) in [4.78, 5) is 1.38. The van der Waals surface area contributed by atoms with E-state index in [-0.39, 0.29) is 6.04 Å². The Bertz CT molecular complexity index is 295. The fraction of sp³-hybridized carbons (Fsp3) is 0.455. The van der Waals surface area contributed by atoms with Crippen molar-refractivity contribution in [3.05, 3.63) is 21.9 Å². The lowest BCUT2D eigenvalue weighted by Gasteiger charge is -2.09. The van der Waals surface area contributed by atoms with E-state index in [1.807, 2.05) is 0 Å². The van der Waals surface area contributed by atoms with Gasteiger partial charge in [-0.15, -0.1) is 17.8 Å². The molecule has 0 radical (unpaired) electrons. The summed E-state index contributed by atoms with van der Waals surface area (Å²) in [6, 6.07) is 2.35. The van der Waals surface area contributed by atoms with E-state index in [0.29, 0.717) is 0 Å². The van der Waals surface area contributed by atoms with Gasteiger partial charge in [0.05, 0.1) is 6.04 Å². The lowest BCUT2D eigenvalue weighted by molar-refractivity contribution is 0.595. The van der Waals surface area contributed by atoms with Crippen molar-refractivity contribution in [3.8, 4) is 12.3 Å². The minimum absolute atomic E-state index is 0.210. The second-order valence-corrected chi connectivity index (χ2v) is 4.04. The molecule has 1 aromatic heterocycles. The van der Waals surface area contributed by atoms with E-state index < -0.39 is 0 Å². The topological polar surface area (TPSA) is 12.0 Å². The molecule has 2 heteroatoms. The second kappa shape index (κ2) is 5.06. The van der Waals surface area contributed by atoms with Crippen LogP contribution in [0.15, 0.2) is 11.4 Å². The van der Waals surface area contributed by atoms with Crippen molar-refractivity contribution in [2.75, 3.05) is 0 Å². The monoisotopic (exact) mass is 193 g/mol. The average Bonchev–Trinajstić information content (AvgIpc) is 2.54. The Morgan fingerprint density at radius 2 is 2.46 bits per heavy atom. The van der Waals surface area contributed by atoms with Crippen molar-refractivity contribution in [1.29, 1.82) is 0 Å². The van der Waals surface area contributed by atoms with Crippen molar-refractivity contribution in [3.63, 3.8) is 0 Å². The fourth-order valence-corrected chi connectivity index (χ4v) is 1.98. The average molecular weight is 193 g/mol. The Kier molecular flexibility index (Phi) is 4.01. The molecule has 70 valence electrons. The molecule has 0 saturated heterocycles. The van der Waals surface area contributed by atoms with Gasteiger partial charge in [0.2, 0.25) is 0 Å². The molecule has 1 atom stereocenters. The Hall–Kier alpha value is -0.780. The van der Waals surface area contributed by atoms with Gasteiger partial charge in [-0.2, -0.15) is 0 Å². The van der Waals surface area contributed by atoms with Crippen LogP contribution in [0.5, 0.6) is 0 Å². The standard InChI is InChI=1S/C11H15NS/c1-4-10(5-2)12-8-11-9(3)6-7-13-11/h1,6-7,10,12H,5,8H2,2-3H3. The summed E-state index contributed by atoms with van der Waals surface area (Å²) in [6.45, 7) is 5.12. The largest absolute Gasteiger partial charge is 0.299 e. The molecule has 0 aliphatic rings. The van der Waals surface area contributed by atoms with Crippen LogP contribution >= 0.6 is 11.3 Å². The third-order valence-electron chi connectivity index (χ3n) is 2.09. The zero-order valence-corrected chi connectivity index (χ0v) is 8.95. The normalized spacial score (nSPS) is 12.4. The van der Waals surface area contributed by atoms with E-state index in [9.17, 15) is 0 Å². The highest BCUT2D eigenvalue weighted by Gasteiger charge is 2.03. The van der Waals surface area contributed by atoms with Crippen molar-refractivity contribution in [1.82, 2.24) is 5.32 Å². The first-order valence-corrected chi connectivity index (χ1v) is 5.38. The predicted molar refractivity (Wildman–Crippen MR) is 58.8 cm³/mol. The summed E-state index contributed by atoms with van der Waals surface area (Å²) in [6.07, 6.45) is 6.34. The summed E-state index contributed by atoms with van der Waals surface area (Å²) < 4.78 is 0. The molecule has 0 spiro atoms. The maximum Gasteiger partial charge on any atom is 0.0687 e. The van der Waals surface area contributed by atoms with E-state index in [1.165, 1.54) is 10.4 Å². The van der Waals surface area contributed by atoms with Crippen LogP contribution in [-0.4, -0.2) is 6.04 Å². The third-order valence-corrected chi connectivity index (χ3v) is 3.11. The first-order chi connectivity index (χ1) is 6.27. The Labute approximate surface area is 84.2 Å². The van der Waals surface area contributed by atoms with Crippen LogP contribution in [0.1, 0.15) is 23.8 Å². The molecule has 1 nitrogen and oxygen atoms in total. The number of hydrogen-bond donors (Lipinski definition) is 1. The van der Waals surface area contributed by atoms with E-state index in [0.717, 1.165) is 13.0 Å². The van der Waals surface area contributed by atoms with Crippen molar-refractivity contribution < 1.29 is 0 Å². The highest BCUT2D eigenvalue weighted by atomic mass is 32.1. The molecule has 1 unspecified atom stereocenters. The molecular weight excluding hydrogens is 178 g/mol. The Morgan fingerprint density at radius 3 is 2.92 bits per heavy atom. The highest BCUT2D eigenvalue weighted by Crippen LogP contribution is 2.15. The van der Waals surface area contributed by atoms with Gasteiger partial charge >= 0.3 is 0 Å². The SMILES string of the molecule is C#CC(CC)NCc1sccc1C. The molecular formula is C11H15NS. The number of terminal acetylenes is 1. The maximum atomic E-state index is 5.35. The smallest absolute Gasteiger partial charge is 0.0687 e. The van der Waals surface area contributed by atoms with Gasteiger partial charge in [-0.05, 0) is 30.4 Å². The van der Waals surface area contributed by atoms with Crippen LogP contribution < -0.4 is 5.32 Å². The maximum absolute atomic E-state index is 5.35. The van der Waals surface area contributed by atoms with Crippen LogP contribution in [0.4, 0.5) is 0 Å². The molecule has 0 saturated carbocycles. The van der Waals surface area contributed by atoms with E-state index >= 15 is 0 Å². The van der Waals surface area contributed by atoms with E-state index in [1.54, 1.807) is 11.3 Å². The number of aryl methyl sites for hydroxylation is 1. The quantitative estimate of drug-likeness (QED) is 0.725. The highest BCUT2D eigenvalue weighted by molar-refractivity contribution is 7.10. The summed E-state index contributed by atoms with van der Waals surface area (Å²) in [7, 11) is 0. The zero-order valence-electron chi connectivity index (χ0n) is 8.13. The van der Waals surface area contributed by atoms with Crippen molar-refractivity contribution in [2.24, 2.45) is 0 Å². The molecule has 1 heterocycles. The molecule has 0 amide bonds. The summed E-state index contributed by atoms with van der Waals surface area (Å²) in [5.41, 5.74) is 1.35. The second-order valence-electron chi connectivity index (χ2n) is 3.04. The van der Waals surface area contributed by atoms with E-state index in [4.69, 9.17) is 6.42 Å². The molecule has 0 aliphatic heterocycles. The molecule has 1 N–H and O–H groups in total. The lowest BCUT2D eigenvalue weighted by Crippen LogP contribution is -2.25. The number of thiophene rings is 1. The number of nitrogens with one attached hydrogen (secondary N) is 1. The molecule has 0 aliphatic carbocycles. The van der Waals surface area contributed by atoms with Gasteiger partial charge in [0, 0.05) is 11.4 Å². The number of rotatable bonds is 4. The summed E-state index contributed by atoms with van der Waals surface area (Å²) in [5.74, 6) is 2.73. The van der Waals surface area contributed by atoms with Crippen molar-refractivity contribution >= 4 is 11.3 Å². The van der Waals surface area contributed by atoms with Gasteiger partial charge in [-0.1, -0.05) is 12.8 Å². The predicted octanol–water partition coefficient (Wildman–Crippen LogP) is 2.56. The molecule has 0 bridgehead atoms. The first-order valence-electron chi connectivity index (χ1n) is 4.50. The van der Waals surface area contributed by atoms with Crippen LogP contribution in [0.25, 0.3) is 0 Å². The van der Waals surface area contributed by atoms with Gasteiger partial charge in [0.15, 0.2) is 0 Å². The Balaban J connectivity index is 2.44. The summed E-state index contributed by atoms with van der Waals surface area (Å²) in [5, 5.41) is 5.45. The van der Waals surface area contributed by atoms with Crippen molar-refractivity contribution in [2.45, 2.75) is 32.9 Å². The molecule has 0 fully saturated rings. The van der Waals surface area contributed by atoms with E-state index in [2.05, 4.69) is 36.5 Å². The lowest BCUT2D eigenvalue weighted by atomic mass is 10.2. The zero-order chi connectivity index (χ0) is 9.68. The Morgan fingerprint density at radius 1 is 1.69 bits per heavy atom. The van der Waals surface area contributed by atoms with Gasteiger partial charge in [0.1, 0.15) is 0 Å². The first kappa shape index (κ1) is 10.3. The molecule has 1 aromatic rings. The molecule has 1 rings (SSSR count). The van der Waals surface area contributed by atoms with Crippen LogP contribution in [0.3, 0.4) is 0 Å². The molecule has 0 aromatic carbocycles. The van der Waals surface area contributed by atoms with Crippen LogP contribution in [-0.2, 0) is 6.54 Å². The van der Waals surface area contributed by atoms with Gasteiger partial charge < -0.3 is 0 Å². The minimum Gasteiger partial charge on any atom is -0.299 e. The molecule has 13 heavy (non-hydrogen) atoms. The van der Waals surface area contributed by atoms with Crippen LogP contribution in [0, 0.1) is 19.3 Å². The minimum atomic E-state index is 0.210. The van der Waals surface area contributed by atoms with Gasteiger partial charge in [-0.25, -0.2) is 0 Å². The summed E-state index contributed by atoms with van der Waals surface area (Å²) >= 11 is 1.78. The van der Waals surface area contributed by atoms with Crippen LogP contribution in [0.2, 0.25) is 0 Å². The number of hydrogen-bond acceptors (Lipinski definition) is 2. The van der Waals surface area contributed by atoms with Gasteiger partial charge in [-0.3, -0.25) is 5.32 Å².